The number of pyridine rings is 1. The molecule has 0 bridgehead atoms. The van der Waals surface area contributed by atoms with Crippen molar-refractivity contribution in [1.82, 2.24) is 21.0 Å². The lowest BCUT2D eigenvalue weighted by atomic mass is 9.96. The van der Waals surface area contributed by atoms with E-state index < -0.39 is 11.8 Å². The Bertz CT molecular complexity index is 1560. The highest BCUT2D eigenvalue weighted by molar-refractivity contribution is 6.36. The predicted octanol–water partition coefficient (Wildman–Crippen LogP) is 6.88. The summed E-state index contributed by atoms with van der Waals surface area (Å²) in [7, 11) is 0. The van der Waals surface area contributed by atoms with Crippen molar-refractivity contribution in [3.05, 3.63) is 75.4 Å². The molecule has 4 N–H and O–H groups in total. The molecular formula is C28H30Cl2FN7. The monoisotopic (exact) mass is 555 g/mol. The predicted molar refractivity (Wildman–Crippen MR) is 151 cm³/mol. The Morgan fingerprint density at radius 1 is 1.32 bits per heavy atom. The molecule has 198 valence electrons. The Hall–Kier alpha value is -3.25. The van der Waals surface area contributed by atoms with Crippen LogP contribution in [-0.2, 0) is 0 Å². The highest BCUT2D eigenvalue weighted by atomic mass is 35.5. The lowest BCUT2D eigenvalue weighted by Crippen LogP contribution is -2.43. The van der Waals surface area contributed by atoms with E-state index in [0.29, 0.717) is 34.4 Å². The van der Waals surface area contributed by atoms with Gasteiger partial charge in [-0.2, -0.15) is 5.26 Å². The van der Waals surface area contributed by atoms with Gasteiger partial charge >= 0.3 is 0 Å². The molecule has 3 aromatic rings. The molecule has 0 spiro atoms. The van der Waals surface area contributed by atoms with Gasteiger partial charge in [0.15, 0.2) is 0 Å². The Balaban J connectivity index is 1.68. The van der Waals surface area contributed by atoms with Crippen molar-refractivity contribution in [2.24, 2.45) is 5.41 Å². The quantitative estimate of drug-likeness (QED) is 0.252. The minimum absolute atomic E-state index is 0.00493. The zero-order valence-corrected chi connectivity index (χ0v) is 23.1. The second-order valence-electron chi connectivity index (χ2n) is 11.1. The first-order chi connectivity index (χ1) is 18.8. The number of nitriles is 1. The molecule has 2 heterocycles. The fourth-order valence-electron chi connectivity index (χ4n) is 4.16. The van der Waals surface area contributed by atoms with Crippen LogP contribution in [0, 0.1) is 22.6 Å². The molecular weight excluding hydrogens is 524 g/mol. The van der Waals surface area contributed by atoms with Crippen LogP contribution in [-0.4, -0.2) is 22.1 Å². The Kier molecular flexibility index (Phi) is 6.15. The molecule has 0 amide bonds. The van der Waals surface area contributed by atoms with Crippen LogP contribution in [0.4, 0.5) is 15.8 Å². The van der Waals surface area contributed by atoms with Gasteiger partial charge in [-0.05, 0) is 49.4 Å². The van der Waals surface area contributed by atoms with Crippen molar-refractivity contribution in [2.75, 3.05) is 17.2 Å². The van der Waals surface area contributed by atoms with E-state index in [0.717, 1.165) is 12.8 Å². The maximum absolute atomic E-state index is 15.4. The van der Waals surface area contributed by atoms with E-state index in [4.69, 9.17) is 24.6 Å². The number of hydrogen-bond donors (Lipinski definition) is 4. The van der Waals surface area contributed by atoms with E-state index >= 15 is 4.39 Å². The third-order valence-electron chi connectivity index (χ3n) is 6.60. The second kappa shape index (κ2) is 9.81. The van der Waals surface area contributed by atoms with E-state index in [2.05, 4.69) is 53.4 Å². The number of anilines is 2. The van der Waals surface area contributed by atoms with Crippen LogP contribution in [0.5, 0.6) is 0 Å². The van der Waals surface area contributed by atoms with Crippen molar-refractivity contribution < 1.29 is 7.13 Å². The number of aromatic nitrogens is 1. The van der Waals surface area contributed by atoms with Crippen LogP contribution < -0.4 is 21.6 Å². The van der Waals surface area contributed by atoms with Crippen LogP contribution >= 0.6 is 23.2 Å². The van der Waals surface area contributed by atoms with Gasteiger partial charge < -0.3 is 16.1 Å². The maximum atomic E-state index is 15.4. The number of hydrogen-bond acceptors (Lipinski definition) is 7. The normalized spacial score (nSPS) is 18.8. The topological polar surface area (TPSA) is 88.0 Å². The van der Waals surface area contributed by atoms with Gasteiger partial charge in [-0.1, -0.05) is 50.0 Å². The van der Waals surface area contributed by atoms with Crippen molar-refractivity contribution in [3.8, 4) is 6.07 Å². The summed E-state index contributed by atoms with van der Waals surface area (Å²) >= 11 is 13.2. The zero-order chi connectivity index (χ0) is 29.0. The Morgan fingerprint density at radius 3 is 2.74 bits per heavy atom. The van der Waals surface area contributed by atoms with E-state index in [1.807, 2.05) is 6.92 Å². The molecule has 1 fully saturated rings. The van der Waals surface area contributed by atoms with Gasteiger partial charge in [0.2, 0.25) is 0 Å². The second-order valence-corrected chi connectivity index (χ2v) is 11.9. The molecule has 2 aromatic carbocycles. The van der Waals surface area contributed by atoms with E-state index in [1.54, 1.807) is 17.1 Å². The molecule has 38 heavy (non-hydrogen) atoms. The van der Waals surface area contributed by atoms with Crippen molar-refractivity contribution in [3.63, 3.8) is 0 Å². The number of benzene rings is 2. The van der Waals surface area contributed by atoms with Crippen molar-refractivity contribution in [1.29, 1.82) is 5.26 Å². The number of fused-ring (bicyclic) bond motifs is 1. The van der Waals surface area contributed by atoms with Crippen LogP contribution in [0.25, 0.3) is 10.9 Å². The lowest BCUT2D eigenvalue weighted by Gasteiger charge is -2.24. The number of nitrogens with zero attached hydrogens (tertiary/aromatic N) is 3. The Morgan fingerprint density at radius 2 is 2.08 bits per heavy atom. The molecule has 2 aliphatic rings. The molecule has 1 aliphatic heterocycles. The summed E-state index contributed by atoms with van der Waals surface area (Å²) in [4.78, 5) is 4.40. The number of nitrogens with one attached hydrogen (secondary N) is 4. The first-order valence-corrected chi connectivity index (χ1v) is 13.1. The lowest BCUT2D eigenvalue weighted by molar-refractivity contribution is 0.190. The fraction of sp³-hybridized carbons (Fsp3) is 0.357. The van der Waals surface area contributed by atoms with Crippen LogP contribution in [0.3, 0.4) is 0 Å². The molecule has 1 unspecified atom stereocenters. The molecule has 1 atom stereocenters. The maximum Gasteiger partial charge on any atom is 0.130 e. The van der Waals surface area contributed by atoms with Gasteiger partial charge in [0, 0.05) is 40.6 Å². The zero-order valence-electron chi connectivity index (χ0n) is 23.6. The summed E-state index contributed by atoms with van der Waals surface area (Å²) in [5.41, 5.74) is 7.16. The van der Waals surface area contributed by atoms with Gasteiger partial charge in [-0.3, -0.25) is 9.99 Å². The van der Waals surface area contributed by atoms with E-state index in [9.17, 15) is 6.63 Å². The van der Waals surface area contributed by atoms with Gasteiger partial charge in [0.25, 0.3) is 0 Å². The van der Waals surface area contributed by atoms with Crippen LogP contribution in [0.15, 0.2) is 48.4 Å². The van der Waals surface area contributed by atoms with Gasteiger partial charge in [-0.25, -0.2) is 4.39 Å². The molecule has 0 saturated heterocycles. The fourth-order valence-corrected chi connectivity index (χ4v) is 4.69. The summed E-state index contributed by atoms with van der Waals surface area (Å²) in [6, 6.07) is 7.60. The molecule has 1 saturated carbocycles. The smallest absolute Gasteiger partial charge is 0.130 e. The van der Waals surface area contributed by atoms with Crippen molar-refractivity contribution >= 4 is 45.5 Å². The minimum atomic E-state index is -2.07. The summed E-state index contributed by atoms with van der Waals surface area (Å²) < 4.78 is 33.9. The molecule has 10 heteroatoms. The van der Waals surface area contributed by atoms with Crippen molar-refractivity contribution in [2.45, 2.75) is 52.1 Å². The largest absolute Gasteiger partial charge is 0.383 e. The number of halogens is 3. The highest BCUT2D eigenvalue weighted by Gasteiger charge is 2.45. The average molecular weight is 557 g/mol. The van der Waals surface area contributed by atoms with Gasteiger partial charge in [0.05, 0.1) is 41.8 Å². The van der Waals surface area contributed by atoms with Crippen LogP contribution in [0.1, 0.15) is 60.4 Å². The summed E-state index contributed by atoms with van der Waals surface area (Å²) in [6.07, 6.45) is 3.21. The summed E-state index contributed by atoms with van der Waals surface area (Å²) in [5.74, 6) is -0.707. The molecule has 1 aromatic heterocycles. The molecule has 5 rings (SSSR count). The van der Waals surface area contributed by atoms with Gasteiger partial charge in [-0.15, -0.1) is 5.53 Å². The number of hydrazine groups is 2. The summed E-state index contributed by atoms with van der Waals surface area (Å²) in [6.45, 7) is 8.79. The average Bonchev–Trinajstić information content (AvgIpc) is 3.48. The first-order valence-electron chi connectivity index (χ1n) is 13.3. The molecule has 0 radical (unpaired) electrons. The minimum Gasteiger partial charge on any atom is -0.383 e. The highest BCUT2D eigenvalue weighted by Crippen LogP contribution is 2.43. The SMILES string of the molecule is [2H]C1=C(C([2H])(Nc2cc(Cl)c3ncc(C#N)c(NCC(C)(C)C)c3c2)c2c(F)cccc2Cl)NNN1C1(C)CC1. The summed E-state index contributed by atoms with van der Waals surface area (Å²) in [5, 5.41) is 18.8. The number of rotatable bonds is 7. The van der Waals surface area contributed by atoms with Gasteiger partial charge in [0.1, 0.15) is 11.9 Å². The molecule has 7 nitrogen and oxygen atoms in total. The third-order valence-corrected chi connectivity index (χ3v) is 7.21. The Labute approximate surface area is 234 Å². The van der Waals surface area contributed by atoms with E-state index in [-0.39, 0.29) is 38.4 Å². The van der Waals surface area contributed by atoms with E-state index in [1.165, 1.54) is 24.4 Å². The standard InChI is InChI=1S/C28H30Cl2FN7/c1-27(2,3)15-34-24-16(12-32)13-33-25-18(24)10-17(11-20(25)30)35-26(23-19(29)6-5-7-21(23)31)22-14-38(37-36-22)28(4)8-9-28/h5-7,10-11,13-14,26,35-37H,8-9,15H2,1-4H3,(H,33,34)/i14D,26D. The van der Waals surface area contributed by atoms with Crippen LogP contribution in [0.2, 0.25) is 10.0 Å². The first kappa shape index (κ1) is 23.8. The molecule has 1 aliphatic carbocycles. The third kappa shape index (κ3) is 5.19.